The van der Waals surface area contributed by atoms with E-state index < -0.39 is 0 Å². The minimum Gasteiger partial charge on any atom is -0.432 e. The van der Waals surface area contributed by atoms with Crippen molar-refractivity contribution in [3.63, 3.8) is 0 Å². The van der Waals surface area contributed by atoms with Crippen molar-refractivity contribution in [3.05, 3.63) is 12.0 Å². The number of hydrogen-bond donors (Lipinski definition) is 1. The molecule has 1 aromatic rings. The van der Waals surface area contributed by atoms with E-state index in [1.54, 1.807) is 6.26 Å². The van der Waals surface area contributed by atoms with Crippen LogP contribution in [0, 0.1) is 0 Å². The molecular formula is C12H21N3OS. The lowest BCUT2D eigenvalue weighted by molar-refractivity contribution is 0.516. The summed E-state index contributed by atoms with van der Waals surface area (Å²) in [6, 6.07) is 0.770. The summed E-state index contributed by atoms with van der Waals surface area (Å²) >= 11 is 2.02. The molecule has 96 valence electrons. The van der Waals surface area contributed by atoms with Crippen molar-refractivity contribution in [3.8, 4) is 0 Å². The molecule has 0 saturated carbocycles. The highest BCUT2D eigenvalue weighted by Gasteiger charge is 2.29. The van der Waals surface area contributed by atoms with Gasteiger partial charge in [0.05, 0.1) is 5.69 Å². The number of nitrogens with zero attached hydrogens (tertiary/aromatic N) is 2. The van der Waals surface area contributed by atoms with E-state index in [1.165, 1.54) is 0 Å². The topological polar surface area (TPSA) is 41.3 Å². The Morgan fingerprint density at radius 2 is 2.41 bits per heavy atom. The molecule has 0 radical (unpaired) electrons. The van der Waals surface area contributed by atoms with Crippen molar-refractivity contribution in [1.29, 1.82) is 0 Å². The van der Waals surface area contributed by atoms with Crippen molar-refractivity contribution in [1.82, 2.24) is 10.3 Å². The first-order valence-corrected chi connectivity index (χ1v) is 7.13. The van der Waals surface area contributed by atoms with Crippen LogP contribution >= 0.6 is 11.8 Å². The van der Waals surface area contributed by atoms with Crippen LogP contribution in [-0.4, -0.2) is 35.1 Å². The maximum absolute atomic E-state index is 5.56. The Morgan fingerprint density at radius 3 is 3.12 bits per heavy atom. The molecule has 0 aliphatic carbocycles. The number of anilines is 1. The third kappa shape index (κ3) is 3.39. The van der Waals surface area contributed by atoms with Gasteiger partial charge in [-0.1, -0.05) is 6.92 Å². The van der Waals surface area contributed by atoms with E-state index in [0.29, 0.717) is 0 Å². The smallest absolute Gasteiger partial charge is 0.297 e. The highest BCUT2D eigenvalue weighted by molar-refractivity contribution is 8.00. The lowest BCUT2D eigenvalue weighted by Gasteiger charge is -2.36. The molecular weight excluding hydrogens is 234 g/mol. The molecule has 1 fully saturated rings. The van der Waals surface area contributed by atoms with Crippen LogP contribution in [0.1, 0.15) is 26.5 Å². The van der Waals surface area contributed by atoms with E-state index in [1.807, 2.05) is 11.8 Å². The second-order valence-electron chi connectivity index (χ2n) is 4.93. The van der Waals surface area contributed by atoms with Gasteiger partial charge in [0.1, 0.15) is 6.26 Å². The third-order valence-corrected chi connectivity index (χ3v) is 4.09. The van der Waals surface area contributed by atoms with Gasteiger partial charge >= 0.3 is 0 Å². The number of aromatic nitrogens is 1. The summed E-state index contributed by atoms with van der Waals surface area (Å²) in [7, 11) is 0. The Hall–Kier alpha value is -0.680. The van der Waals surface area contributed by atoms with Gasteiger partial charge in [-0.15, -0.1) is 0 Å². The van der Waals surface area contributed by atoms with Gasteiger partial charge in [-0.05, 0) is 20.4 Å². The van der Waals surface area contributed by atoms with E-state index >= 15 is 0 Å². The zero-order valence-corrected chi connectivity index (χ0v) is 11.6. The molecule has 0 spiro atoms. The monoisotopic (exact) mass is 255 g/mol. The van der Waals surface area contributed by atoms with Crippen molar-refractivity contribution in [2.45, 2.75) is 32.1 Å². The fourth-order valence-corrected chi connectivity index (χ4v) is 3.07. The summed E-state index contributed by atoms with van der Waals surface area (Å²) in [6.07, 6.45) is 1.76. The Morgan fingerprint density at radius 1 is 1.59 bits per heavy atom. The molecule has 17 heavy (non-hydrogen) atoms. The molecule has 5 heteroatoms. The second kappa shape index (κ2) is 5.31. The minimum atomic E-state index is 0.286. The van der Waals surface area contributed by atoms with Crippen LogP contribution in [0.3, 0.4) is 0 Å². The molecule has 1 N–H and O–H groups in total. The van der Waals surface area contributed by atoms with Crippen LogP contribution in [0.25, 0.3) is 0 Å². The van der Waals surface area contributed by atoms with E-state index in [9.17, 15) is 0 Å². The van der Waals surface area contributed by atoms with Crippen molar-refractivity contribution in [2.24, 2.45) is 0 Å². The summed E-state index contributed by atoms with van der Waals surface area (Å²) in [5.74, 6) is 1.14. The quantitative estimate of drug-likeness (QED) is 0.892. The van der Waals surface area contributed by atoms with Gasteiger partial charge < -0.3 is 14.6 Å². The molecule has 0 bridgehead atoms. The minimum absolute atomic E-state index is 0.286. The predicted octanol–water partition coefficient (Wildman–Crippen LogP) is 2.12. The number of nitrogens with one attached hydrogen (secondary N) is 1. The van der Waals surface area contributed by atoms with E-state index in [4.69, 9.17) is 4.42 Å². The predicted molar refractivity (Wildman–Crippen MR) is 72.6 cm³/mol. The normalized spacial score (nSPS) is 19.6. The van der Waals surface area contributed by atoms with Gasteiger partial charge in [0.15, 0.2) is 0 Å². The van der Waals surface area contributed by atoms with E-state index in [-0.39, 0.29) is 4.75 Å². The number of oxazole rings is 1. The van der Waals surface area contributed by atoms with Crippen molar-refractivity contribution in [2.75, 3.05) is 30.3 Å². The molecule has 1 saturated heterocycles. The molecule has 0 unspecified atom stereocenters. The van der Waals surface area contributed by atoms with Crippen LogP contribution < -0.4 is 10.2 Å². The summed E-state index contributed by atoms with van der Waals surface area (Å²) in [5, 5.41) is 3.25. The maximum Gasteiger partial charge on any atom is 0.297 e. The highest BCUT2D eigenvalue weighted by atomic mass is 32.2. The first kappa shape index (κ1) is 12.8. The van der Waals surface area contributed by atoms with Crippen molar-refractivity contribution >= 4 is 17.8 Å². The zero-order chi connectivity index (χ0) is 12.3. The summed E-state index contributed by atoms with van der Waals surface area (Å²) in [4.78, 5) is 6.77. The molecule has 0 amide bonds. The largest absolute Gasteiger partial charge is 0.432 e. The average molecular weight is 255 g/mol. The average Bonchev–Trinajstić information content (AvgIpc) is 2.73. The first-order valence-electron chi connectivity index (χ1n) is 6.15. The van der Waals surface area contributed by atoms with Gasteiger partial charge in [-0.25, -0.2) is 0 Å². The van der Waals surface area contributed by atoms with Gasteiger partial charge in [-0.3, -0.25) is 0 Å². The Bertz CT molecular complexity index is 364. The molecule has 1 aliphatic rings. The maximum atomic E-state index is 5.56. The lowest BCUT2D eigenvalue weighted by Crippen LogP contribution is -2.43. The molecule has 0 aromatic carbocycles. The van der Waals surface area contributed by atoms with Gasteiger partial charge in [0, 0.05) is 30.1 Å². The SMILES string of the molecule is CCNCc1coc(N2CCSC(C)(C)C2)n1. The summed E-state index contributed by atoms with van der Waals surface area (Å²) in [6.45, 7) is 10.4. The van der Waals surface area contributed by atoms with Crippen LogP contribution in [0.5, 0.6) is 0 Å². The Kier molecular flexibility index (Phi) is 3.99. The molecule has 1 aliphatic heterocycles. The Labute approximate surface area is 107 Å². The van der Waals surface area contributed by atoms with E-state index in [2.05, 4.69) is 36.0 Å². The van der Waals surface area contributed by atoms with Crippen LogP contribution in [0.2, 0.25) is 0 Å². The first-order chi connectivity index (χ1) is 8.11. The summed E-state index contributed by atoms with van der Waals surface area (Å²) < 4.78 is 5.85. The summed E-state index contributed by atoms with van der Waals surface area (Å²) in [5.41, 5.74) is 0.984. The molecule has 4 nitrogen and oxygen atoms in total. The van der Waals surface area contributed by atoms with Crippen LogP contribution in [0.15, 0.2) is 10.7 Å². The van der Waals surface area contributed by atoms with Gasteiger partial charge in [-0.2, -0.15) is 16.7 Å². The number of hydrogen-bond acceptors (Lipinski definition) is 5. The van der Waals surface area contributed by atoms with Crippen LogP contribution in [-0.2, 0) is 6.54 Å². The second-order valence-corrected chi connectivity index (χ2v) is 6.73. The molecule has 2 rings (SSSR count). The highest BCUT2D eigenvalue weighted by Crippen LogP contribution is 2.31. The molecule has 1 aromatic heterocycles. The van der Waals surface area contributed by atoms with Crippen LogP contribution in [0.4, 0.5) is 6.01 Å². The fraction of sp³-hybridized carbons (Fsp3) is 0.750. The lowest BCUT2D eigenvalue weighted by atomic mass is 10.2. The van der Waals surface area contributed by atoms with Crippen molar-refractivity contribution < 1.29 is 4.42 Å². The Balaban J connectivity index is 1.99. The molecule has 0 atom stereocenters. The zero-order valence-electron chi connectivity index (χ0n) is 10.8. The molecule has 2 heterocycles. The third-order valence-electron chi connectivity index (χ3n) is 2.79. The number of thioether (sulfide) groups is 1. The fourth-order valence-electron chi connectivity index (χ4n) is 1.96. The van der Waals surface area contributed by atoms with Gasteiger partial charge in [0.2, 0.25) is 0 Å². The number of rotatable bonds is 4. The standard InChI is InChI=1S/C12H21N3OS/c1-4-13-7-10-8-16-11(14-10)15-5-6-17-12(2,3)9-15/h8,13H,4-7,9H2,1-3H3. The van der Waals surface area contributed by atoms with E-state index in [0.717, 1.165) is 43.6 Å². The van der Waals surface area contributed by atoms with Gasteiger partial charge in [0.25, 0.3) is 6.01 Å².